The van der Waals surface area contributed by atoms with Crippen molar-refractivity contribution in [3.63, 3.8) is 0 Å². The van der Waals surface area contributed by atoms with E-state index in [1.807, 2.05) is 7.05 Å². The molecule has 2 amide bonds. The number of amides is 2. The van der Waals surface area contributed by atoms with Gasteiger partial charge in [0.15, 0.2) is 0 Å². The Morgan fingerprint density at radius 3 is 2.71 bits per heavy atom. The average molecular weight is 295 g/mol. The van der Waals surface area contributed by atoms with Crippen molar-refractivity contribution >= 4 is 17.7 Å². The summed E-state index contributed by atoms with van der Waals surface area (Å²) in [5.74, 6) is -2.22. The minimum Gasteiger partial charge on any atom is -0.478 e. The van der Waals surface area contributed by atoms with E-state index in [1.54, 1.807) is 0 Å². The van der Waals surface area contributed by atoms with Gasteiger partial charge in [-0.25, -0.2) is 14.0 Å². The molecule has 3 N–H and O–H groups in total. The molecule has 0 aromatic heterocycles. The van der Waals surface area contributed by atoms with Crippen LogP contribution in [0.15, 0.2) is 18.2 Å². The normalized spacial score (nSPS) is 14.0. The summed E-state index contributed by atoms with van der Waals surface area (Å²) in [5, 5.41) is 13.8. The van der Waals surface area contributed by atoms with Gasteiger partial charge in [-0.2, -0.15) is 0 Å². The lowest BCUT2D eigenvalue weighted by atomic mass is 10.2. The van der Waals surface area contributed by atoms with Crippen LogP contribution in [-0.4, -0.2) is 48.2 Å². The zero-order valence-corrected chi connectivity index (χ0v) is 11.7. The summed E-state index contributed by atoms with van der Waals surface area (Å²) < 4.78 is 13.4. The van der Waals surface area contributed by atoms with Gasteiger partial charge in [-0.05, 0) is 38.1 Å². The number of hydrogen-bond acceptors (Lipinski definition) is 3. The van der Waals surface area contributed by atoms with Crippen LogP contribution in [0, 0.1) is 5.82 Å². The molecule has 2 rings (SSSR count). The summed E-state index contributed by atoms with van der Waals surface area (Å²) in [7, 11) is 2.01. The van der Waals surface area contributed by atoms with E-state index in [4.69, 9.17) is 5.11 Å². The summed E-state index contributed by atoms with van der Waals surface area (Å²) in [4.78, 5) is 24.5. The van der Waals surface area contributed by atoms with Crippen LogP contribution in [-0.2, 0) is 0 Å². The smallest absolute Gasteiger partial charge is 0.338 e. The van der Waals surface area contributed by atoms with Crippen LogP contribution in [0.2, 0.25) is 0 Å². The molecule has 0 spiro atoms. The fourth-order valence-corrected chi connectivity index (χ4v) is 1.99. The van der Waals surface area contributed by atoms with E-state index >= 15 is 0 Å². The molecule has 0 unspecified atom stereocenters. The third kappa shape index (κ3) is 4.42. The third-order valence-corrected chi connectivity index (χ3v) is 3.38. The molecule has 0 bridgehead atoms. The van der Waals surface area contributed by atoms with Crippen molar-refractivity contribution in [3.8, 4) is 0 Å². The van der Waals surface area contributed by atoms with Gasteiger partial charge in [0.2, 0.25) is 0 Å². The average Bonchev–Trinajstić information content (AvgIpc) is 3.22. The second-order valence-corrected chi connectivity index (χ2v) is 5.09. The van der Waals surface area contributed by atoms with Crippen LogP contribution in [0.5, 0.6) is 0 Å². The molecular weight excluding hydrogens is 277 g/mol. The number of rotatable bonds is 6. The number of urea groups is 1. The Bertz CT molecular complexity index is 546. The molecule has 1 aromatic carbocycles. The minimum absolute atomic E-state index is 0.213. The Morgan fingerprint density at radius 1 is 1.43 bits per heavy atom. The molecule has 0 atom stereocenters. The number of carbonyl (C=O) groups is 2. The van der Waals surface area contributed by atoms with Gasteiger partial charge in [-0.3, -0.25) is 0 Å². The number of hydrogen-bond donors (Lipinski definition) is 3. The summed E-state index contributed by atoms with van der Waals surface area (Å²) in [6, 6.07) is 3.64. The van der Waals surface area contributed by atoms with E-state index in [2.05, 4.69) is 15.5 Å². The maximum atomic E-state index is 13.4. The number of halogens is 1. The summed E-state index contributed by atoms with van der Waals surface area (Å²) in [6.07, 6.45) is 2.41. The van der Waals surface area contributed by atoms with Crippen LogP contribution in [0.1, 0.15) is 23.2 Å². The molecule has 0 saturated heterocycles. The van der Waals surface area contributed by atoms with Crippen molar-refractivity contribution in [1.82, 2.24) is 10.2 Å². The van der Waals surface area contributed by atoms with E-state index in [9.17, 15) is 14.0 Å². The minimum atomic E-state index is -1.34. The van der Waals surface area contributed by atoms with Crippen LogP contribution >= 0.6 is 0 Å². The van der Waals surface area contributed by atoms with Crippen LogP contribution in [0.3, 0.4) is 0 Å². The number of carboxylic acid groups (broad SMARTS) is 1. The number of carbonyl (C=O) groups excluding carboxylic acids is 1. The Labute approximate surface area is 121 Å². The number of anilines is 1. The fraction of sp³-hybridized carbons (Fsp3) is 0.429. The SMILES string of the molecule is CN(CCNC(=O)Nc1ccc(C(=O)O)c(F)c1)C1CC1. The topological polar surface area (TPSA) is 81.7 Å². The molecule has 21 heavy (non-hydrogen) atoms. The first kappa shape index (κ1) is 15.2. The van der Waals surface area contributed by atoms with Crippen molar-refractivity contribution in [2.45, 2.75) is 18.9 Å². The molecule has 0 radical (unpaired) electrons. The third-order valence-electron chi connectivity index (χ3n) is 3.38. The Balaban J connectivity index is 1.79. The lowest BCUT2D eigenvalue weighted by molar-refractivity contribution is 0.0692. The standard InChI is InChI=1S/C14H18FN3O3/c1-18(10-3-4-10)7-6-16-14(21)17-9-2-5-11(13(19)20)12(15)8-9/h2,5,8,10H,3-4,6-7H2,1H3,(H,19,20)(H2,16,17,21). The highest BCUT2D eigenvalue weighted by Crippen LogP contribution is 2.24. The zero-order valence-electron chi connectivity index (χ0n) is 11.7. The predicted octanol–water partition coefficient (Wildman–Crippen LogP) is 1.74. The van der Waals surface area contributed by atoms with Crippen LogP contribution in [0.4, 0.5) is 14.9 Å². The maximum Gasteiger partial charge on any atom is 0.338 e. The van der Waals surface area contributed by atoms with E-state index in [0.717, 1.165) is 18.7 Å². The Hall–Kier alpha value is -2.15. The molecule has 6 nitrogen and oxygen atoms in total. The van der Waals surface area contributed by atoms with Crippen molar-refractivity contribution in [1.29, 1.82) is 0 Å². The molecule has 1 aliphatic rings. The largest absolute Gasteiger partial charge is 0.478 e. The van der Waals surface area contributed by atoms with E-state index in [0.29, 0.717) is 12.6 Å². The Kier molecular flexibility index (Phi) is 4.74. The second-order valence-electron chi connectivity index (χ2n) is 5.09. The van der Waals surface area contributed by atoms with Gasteiger partial charge in [0.1, 0.15) is 5.82 Å². The quantitative estimate of drug-likeness (QED) is 0.746. The number of carboxylic acids is 1. The van der Waals surface area contributed by atoms with Crippen molar-refractivity contribution in [2.75, 3.05) is 25.5 Å². The molecule has 1 aliphatic carbocycles. The number of nitrogens with zero attached hydrogens (tertiary/aromatic N) is 1. The second kappa shape index (κ2) is 6.53. The molecule has 114 valence electrons. The highest BCUT2D eigenvalue weighted by Gasteiger charge is 2.25. The van der Waals surface area contributed by atoms with Gasteiger partial charge in [0.05, 0.1) is 5.56 Å². The lowest BCUT2D eigenvalue weighted by Gasteiger charge is -2.16. The summed E-state index contributed by atoms with van der Waals surface area (Å²) in [6.45, 7) is 1.25. The maximum absolute atomic E-state index is 13.4. The lowest BCUT2D eigenvalue weighted by Crippen LogP contribution is -2.36. The first-order valence-corrected chi connectivity index (χ1v) is 6.75. The van der Waals surface area contributed by atoms with Gasteiger partial charge in [-0.1, -0.05) is 0 Å². The van der Waals surface area contributed by atoms with E-state index < -0.39 is 23.4 Å². The van der Waals surface area contributed by atoms with Gasteiger partial charge < -0.3 is 20.6 Å². The van der Waals surface area contributed by atoms with Crippen molar-refractivity contribution in [2.24, 2.45) is 0 Å². The van der Waals surface area contributed by atoms with Crippen LogP contribution in [0.25, 0.3) is 0 Å². The van der Waals surface area contributed by atoms with Gasteiger partial charge in [-0.15, -0.1) is 0 Å². The predicted molar refractivity (Wildman–Crippen MR) is 76.0 cm³/mol. The molecule has 0 aliphatic heterocycles. The monoisotopic (exact) mass is 295 g/mol. The van der Waals surface area contributed by atoms with Crippen molar-refractivity contribution < 1.29 is 19.1 Å². The molecule has 1 aromatic rings. The summed E-state index contributed by atoms with van der Waals surface area (Å²) in [5.41, 5.74) is -0.211. The number of aromatic carboxylic acids is 1. The highest BCUT2D eigenvalue weighted by molar-refractivity contribution is 5.91. The number of likely N-dealkylation sites (N-methyl/N-ethyl adjacent to an activating group) is 1. The summed E-state index contributed by atoms with van der Waals surface area (Å²) >= 11 is 0. The van der Waals surface area contributed by atoms with E-state index in [1.165, 1.54) is 18.9 Å². The number of nitrogens with one attached hydrogen (secondary N) is 2. The molecule has 1 fully saturated rings. The van der Waals surface area contributed by atoms with Gasteiger partial charge in [0, 0.05) is 24.8 Å². The number of benzene rings is 1. The van der Waals surface area contributed by atoms with Crippen molar-refractivity contribution in [3.05, 3.63) is 29.6 Å². The molecule has 7 heteroatoms. The highest BCUT2D eigenvalue weighted by atomic mass is 19.1. The first-order valence-electron chi connectivity index (χ1n) is 6.75. The Morgan fingerprint density at radius 2 is 2.14 bits per heavy atom. The fourth-order valence-electron chi connectivity index (χ4n) is 1.99. The zero-order chi connectivity index (χ0) is 15.4. The molecule has 0 heterocycles. The van der Waals surface area contributed by atoms with Gasteiger partial charge in [0.25, 0.3) is 0 Å². The molecular formula is C14H18FN3O3. The van der Waals surface area contributed by atoms with E-state index in [-0.39, 0.29) is 5.69 Å². The van der Waals surface area contributed by atoms with Gasteiger partial charge >= 0.3 is 12.0 Å². The molecule has 1 saturated carbocycles. The van der Waals surface area contributed by atoms with Crippen LogP contribution < -0.4 is 10.6 Å². The first-order chi connectivity index (χ1) is 9.97.